The van der Waals surface area contributed by atoms with Gasteiger partial charge in [0.1, 0.15) is 5.56 Å². The first-order valence-electron chi connectivity index (χ1n) is 8.07. The van der Waals surface area contributed by atoms with Crippen molar-refractivity contribution in [2.45, 2.75) is 6.92 Å². The molecule has 2 aromatic rings. The van der Waals surface area contributed by atoms with Crippen molar-refractivity contribution in [2.24, 2.45) is 0 Å². The number of pyridine rings is 1. The minimum absolute atomic E-state index is 0.0367. The normalized spacial score (nSPS) is 14.6. The lowest BCUT2D eigenvalue weighted by Gasteiger charge is -2.36. The second kappa shape index (κ2) is 7.53. The van der Waals surface area contributed by atoms with E-state index in [1.54, 1.807) is 18.3 Å². The van der Waals surface area contributed by atoms with Crippen LogP contribution in [0.15, 0.2) is 42.6 Å². The number of halogens is 1. The first-order valence-corrected chi connectivity index (χ1v) is 8.45. The summed E-state index contributed by atoms with van der Waals surface area (Å²) in [4.78, 5) is 21.0. The lowest BCUT2D eigenvalue weighted by atomic mass is 10.2. The first-order chi connectivity index (χ1) is 11.7. The average Bonchev–Trinajstić information content (AvgIpc) is 2.63. The van der Waals surface area contributed by atoms with Gasteiger partial charge < -0.3 is 14.5 Å². The van der Waals surface area contributed by atoms with Crippen molar-refractivity contribution in [3.8, 4) is 5.88 Å². The maximum absolute atomic E-state index is 12.8. The fourth-order valence-corrected chi connectivity index (χ4v) is 3.09. The zero-order valence-corrected chi connectivity index (χ0v) is 14.4. The number of ether oxygens (including phenoxy) is 1. The molecule has 3 rings (SSSR count). The number of para-hydroxylation sites is 1. The zero-order valence-electron chi connectivity index (χ0n) is 13.6. The Balaban J connectivity index is 1.69. The second-order valence-electron chi connectivity index (χ2n) is 5.52. The van der Waals surface area contributed by atoms with Crippen molar-refractivity contribution < 1.29 is 9.53 Å². The summed E-state index contributed by atoms with van der Waals surface area (Å²) in [7, 11) is 0. The van der Waals surface area contributed by atoms with Crippen molar-refractivity contribution in [1.29, 1.82) is 0 Å². The lowest BCUT2D eigenvalue weighted by Crippen LogP contribution is -2.49. The van der Waals surface area contributed by atoms with E-state index in [9.17, 15) is 4.79 Å². The number of anilines is 1. The Labute approximate surface area is 146 Å². The van der Waals surface area contributed by atoms with Crippen LogP contribution in [-0.2, 0) is 0 Å². The van der Waals surface area contributed by atoms with Crippen LogP contribution in [0.2, 0.25) is 5.02 Å². The van der Waals surface area contributed by atoms with Crippen LogP contribution in [0, 0.1) is 0 Å². The number of hydrogen-bond donors (Lipinski definition) is 0. The van der Waals surface area contributed by atoms with Crippen molar-refractivity contribution in [3.63, 3.8) is 0 Å². The molecule has 1 aromatic heterocycles. The van der Waals surface area contributed by atoms with Crippen LogP contribution >= 0.6 is 11.6 Å². The van der Waals surface area contributed by atoms with Gasteiger partial charge in [0.05, 0.1) is 17.3 Å². The molecule has 1 saturated heterocycles. The van der Waals surface area contributed by atoms with Gasteiger partial charge in [-0.15, -0.1) is 0 Å². The Bertz CT molecular complexity index is 715. The highest BCUT2D eigenvalue weighted by molar-refractivity contribution is 6.33. The molecular formula is C18H20ClN3O2. The summed E-state index contributed by atoms with van der Waals surface area (Å²) < 4.78 is 5.47. The summed E-state index contributed by atoms with van der Waals surface area (Å²) in [6.45, 7) is 5.15. The third-order valence-electron chi connectivity index (χ3n) is 4.04. The fourth-order valence-electron chi connectivity index (χ4n) is 2.83. The van der Waals surface area contributed by atoms with Crippen molar-refractivity contribution in [2.75, 3.05) is 37.7 Å². The predicted octanol–water partition coefficient (Wildman–Crippen LogP) is 3.10. The SMILES string of the molecule is CCOc1ncccc1C(=O)N1CCN(c2ccccc2Cl)CC1. The van der Waals surface area contributed by atoms with Gasteiger partial charge in [-0.05, 0) is 31.2 Å². The molecule has 0 radical (unpaired) electrons. The smallest absolute Gasteiger partial charge is 0.259 e. The van der Waals surface area contributed by atoms with E-state index < -0.39 is 0 Å². The van der Waals surface area contributed by atoms with Gasteiger partial charge in [-0.1, -0.05) is 23.7 Å². The van der Waals surface area contributed by atoms with Crippen LogP contribution in [0.4, 0.5) is 5.69 Å². The first kappa shape index (κ1) is 16.6. The quantitative estimate of drug-likeness (QED) is 0.854. The minimum Gasteiger partial charge on any atom is -0.477 e. The molecule has 2 heterocycles. The Kier molecular flexibility index (Phi) is 5.20. The highest BCUT2D eigenvalue weighted by atomic mass is 35.5. The fraction of sp³-hybridized carbons (Fsp3) is 0.333. The molecule has 1 fully saturated rings. The van der Waals surface area contributed by atoms with E-state index in [-0.39, 0.29) is 5.91 Å². The topological polar surface area (TPSA) is 45.7 Å². The third-order valence-corrected chi connectivity index (χ3v) is 4.36. The van der Waals surface area contributed by atoms with E-state index in [2.05, 4.69) is 9.88 Å². The van der Waals surface area contributed by atoms with Crippen molar-refractivity contribution >= 4 is 23.2 Å². The molecule has 0 bridgehead atoms. The van der Waals surface area contributed by atoms with Crippen LogP contribution in [0.5, 0.6) is 5.88 Å². The third kappa shape index (κ3) is 3.46. The highest BCUT2D eigenvalue weighted by Gasteiger charge is 2.25. The summed E-state index contributed by atoms with van der Waals surface area (Å²) in [5.41, 5.74) is 1.54. The number of nitrogens with zero attached hydrogens (tertiary/aromatic N) is 3. The molecule has 24 heavy (non-hydrogen) atoms. The molecule has 5 nitrogen and oxygen atoms in total. The molecule has 6 heteroatoms. The number of carbonyl (C=O) groups excluding carboxylic acids is 1. The van der Waals surface area contributed by atoms with Gasteiger partial charge >= 0.3 is 0 Å². The highest BCUT2D eigenvalue weighted by Crippen LogP contribution is 2.26. The molecule has 1 aromatic carbocycles. The van der Waals surface area contributed by atoms with Gasteiger partial charge in [0.25, 0.3) is 5.91 Å². The van der Waals surface area contributed by atoms with Gasteiger partial charge in [-0.25, -0.2) is 4.98 Å². The standard InChI is InChI=1S/C18H20ClN3O2/c1-2-24-17-14(6-5-9-20-17)18(23)22-12-10-21(11-13-22)16-8-4-3-7-15(16)19/h3-9H,2,10-13H2,1H3. The molecule has 1 aliphatic heterocycles. The van der Waals surface area contributed by atoms with E-state index in [0.29, 0.717) is 31.1 Å². The molecule has 0 atom stereocenters. The van der Waals surface area contributed by atoms with Crippen LogP contribution in [-0.4, -0.2) is 48.6 Å². The minimum atomic E-state index is -0.0367. The predicted molar refractivity (Wildman–Crippen MR) is 95.0 cm³/mol. The van der Waals surface area contributed by atoms with E-state index >= 15 is 0 Å². The summed E-state index contributed by atoms with van der Waals surface area (Å²) in [5, 5.41) is 0.739. The molecule has 126 valence electrons. The zero-order chi connectivity index (χ0) is 16.9. The molecule has 0 saturated carbocycles. The largest absolute Gasteiger partial charge is 0.477 e. The van der Waals surface area contributed by atoms with Crippen molar-refractivity contribution in [1.82, 2.24) is 9.88 Å². The van der Waals surface area contributed by atoms with Gasteiger partial charge in [-0.2, -0.15) is 0 Å². The summed E-state index contributed by atoms with van der Waals surface area (Å²) >= 11 is 6.26. The van der Waals surface area contributed by atoms with Crippen LogP contribution in [0.3, 0.4) is 0 Å². The Morgan fingerprint density at radius 2 is 1.92 bits per heavy atom. The number of rotatable bonds is 4. The van der Waals surface area contributed by atoms with Gasteiger partial charge in [-0.3, -0.25) is 4.79 Å². The van der Waals surface area contributed by atoms with E-state index in [4.69, 9.17) is 16.3 Å². The molecule has 1 amide bonds. The maximum Gasteiger partial charge on any atom is 0.259 e. The maximum atomic E-state index is 12.8. The summed E-state index contributed by atoms with van der Waals surface area (Å²) in [6.07, 6.45) is 1.64. The number of piperazine rings is 1. The lowest BCUT2D eigenvalue weighted by molar-refractivity contribution is 0.0741. The van der Waals surface area contributed by atoms with Crippen LogP contribution < -0.4 is 9.64 Å². The van der Waals surface area contributed by atoms with E-state index in [1.165, 1.54) is 0 Å². The summed E-state index contributed by atoms with van der Waals surface area (Å²) in [5.74, 6) is 0.365. The average molecular weight is 346 g/mol. The summed E-state index contributed by atoms with van der Waals surface area (Å²) in [6, 6.07) is 11.3. The molecular weight excluding hydrogens is 326 g/mol. The molecule has 0 unspecified atom stereocenters. The molecule has 0 spiro atoms. The second-order valence-corrected chi connectivity index (χ2v) is 5.93. The Hall–Kier alpha value is -2.27. The number of benzene rings is 1. The number of hydrogen-bond acceptors (Lipinski definition) is 4. The van der Waals surface area contributed by atoms with Crippen molar-refractivity contribution in [3.05, 3.63) is 53.2 Å². The molecule has 0 N–H and O–H groups in total. The van der Waals surface area contributed by atoms with Crippen LogP contribution in [0.1, 0.15) is 17.3 Å². The van der Waals surface area contributed by atoms with Gasteiger partial charge in [0.2, 0.25) is 5.88 Å². The van der Waals surface area contributed by atoms with E-state index in [1.807, 2.05) is 36.1 Å². The molecule has 1 aliphatic rings. The monoisotopic (exact) mass is 345 g/mol. The van der Waals surface area contributed by atoms with Gasteiger partial charge in [0.15, 0.2) is 0 Å². The molecule has 0 aliphatic carbocycles. The number of amides is 1. The van der Waals surface area contributed by atoms with Crippen LogP contribution in [0.25, 0.3) is 0 Å². The number of carbonyl (C=O) groups is 1. The van der Waals surface area contributed by atoms with E-state index in [0.717, 1.165) is 23.8 Å². The number of aromatic nitrogens is 1. The Morgan fingerprint density at radius 3 is 2.62 bits per heavy atom. The Morgan fingerprint density at radius 1 is 1.17 bits per heavy atom. The van der Waals surface area contributed by atoms with Gasteiger partial charge in [0, 0.05) is 32.4 Å².